The second kappa shape index (κ2) is 5.95. The van der Waals surface area contributed by atoms with Crippen LogP contribution in [0.5, 0.6) is 0 Å². The van der Waals surface area contributed by atoms with E-state index in [0.717, 1.165) is 18.4 Å². The molecule has 1 heterocycles. The zero-order valence-electron chi connectivity index (χ0n) is 13.2. The Hall–Kier alpha value is 0.270. The SMILES string of the molecule is CC(C)C1CCC(CN)(N2CCSC(C)(C)C2)CC1. The van der Waals surface area contributed by atoms with Gasteiger partial charge in [0.05, 0.1) is 0 Å². The highest BCUT2D eigenvalue weighted by atomic mass is 32.2. The molecule has 1 aliphatic heterocycles. The van der Waals surface area contributed by atoms with Crippen molar-refractivity contribution in [3.8, 4) is 0 Å². The number of hydrogen-bond donors (Lipinski definition) is 1. The third kappa shape index (κ3) is 3.48. The Morgan fingerprint density at radius 1 is 1.26 bits per heavy atom. The van der Waals surface area contributed by atoms with E-state index < -0.39 is 0 Å². The van der Waals surface area contributed by atoms with Gasteiger partial charge in [0.15, 0.2) is 0 Å². The quantitative estimate of drug-likeness (QED) is 0.861. The van der Waals surface area contributed by atoms with E-state index in [1.54, 1.807) is 0 Å². The summed E-state index contributed by atoms with van der Waals surface area (Å²) in [6.07, 6.45) is 5.37. The van der Waals surface area contributed by atoms with Gasteiger partial charge >= 0.3 is 0 Å². The second-order valence-corrected chi connectivity index (χ2v) is 9.34. The average Bonchev–Trinajstić information content (AvgIpc) is 2.37. The molecule has 2 nitrogen and oxygen atoms in total. The fourth-order valence-electron chi connectivity index (χ4n) is 3.91. The second-order valence-electron chi connectivity index (χ2n) is 7.54. The van der Waals surface area contributed by atoms with Crippen LogP contribution in [0.15, 0.2) is 0 Å². The lowest BCUT2D eigenvalue weighted by atomic mass is 9.71. The van der Waals surface area contributed by atoms with Crippen molar-refractivity contribution in [1.82, 2.24) is 4.90 Å². The Labute approximate surface area is 123 Å². The van der Waals surface area contributed by atoms with Crippen molar-refractivity contribution in [1.29, 1.82) is 0 Å². The number of hydrogen-bond acceptors (Lipinski definition) is 3. The Morgan fingerprint density at radius 3 is 2.37 bits per heavy atom. The van der Waals surface area contributed by atoms with Gasteiger partial charge in [-0.05, 0) is 51.4 Å². The van der Waals surface area contributed by atoms with Crippen LogP contribution in [-0.4, -0.2) is 40.6 Å². The van der Waals surface area contributed by atoms with Gasteiger partial charge < -0.3 is 5.73 Å². The minimum Gasteiger partial charge on any atom is -0.329 e. The minimum atomic E-state index is 0.309. The molecule has 0 aromatic carbocycles. The van der Waals surface area contributed by atoms with Crippen LogP contribution >= 0.6 is 11.8 Å². The average molecular weight is 285 g/mol. The van der Waals surface area contributed by atoms with Crippen LogP contribution in [0.2, 0.25) is 0 Å². The lowest BCUT2D eigenvalue weighted by Crippen LogP contribution is -2.61. The fraction of sp³-hybridized carbons (Fsp3) is 1.00. The van der Waals surface area contributed by atoms with Crippen LogP contribution in [-0.2, 0) is 0 Å². The van der Waals surface area contributed by atoms with Crippen molar-refractivity contribution in [2.24, 2.45) is 17.6 Å². The van der Waals surface area contributed by atoms with Crippen molar-refractivity contribution >= 4 is 11.8 Å². The Kier molecular flexibility index (Phi) is 4.90. The molecule has 0 aromatic heterocycles. The fourth-order valence-corrected chi connectivity index (χ4v) is 5.03. The van der Waals surface area contributed by atoms with E-state index in [4.69, 9.17) is 5.73 Å². The van der Waals surface area contributed by atoms with Crippen LogP contribution < -0.4 is 5.73 Å². The van der Waals surface area contributed by atoms with E-state index in [1.807, 2.05) is 0 Å². The zero-order valence-corrected chi connectivity index (χ0v) is 14.1. The molecule has 0 unspecified atom stereocenters. The third-order valence-corrected chi connectivity index (χ3v) is 6.68. The first-order valence-corrected chi connectivity index (χ1v) is 8.96. The highest BCUT2D eigenvalue weighted by Crippen LogP contribution is 2.42. The molecular weight excluding hydrogens is 252 g/mol. The minimum absolute atomic E-state index is 0.309. The van der Waals surface area contributed by atoms with E-state index in [0.29, 0.717) is 10.3 Å². The van der Waals surface area contributed by atoms with E-state index >= 15 is 0 Å². The maximum absolute atomic E-state index is 6.23. The normalized spacial score (nSPS) is 36.6. The summed E-state index contributed by atoms with van der Waals surface area (Å²) in [6, 6.07) is 0. The Morgan fingerprint density at radius 2 is 1.89 bits per heavy atom. The largest absolute Gasteiger partial charge is 0.329 e. The summed E-state index contributed by atoms with van der Waals surface area (Å²) in [5.74, 6) is 3.03. The first-order chi connectivity index (χ1) is 8.88. The number of rotatable bonds is 3. The predicted molar refractivity (Wildman–Crippen MR) is 86.7 cm³/mol. The van der Waals surface area contributed by atoms with Gasteiger partial charge in [-0.15, -0.1) is 0 Å². The van der Waals surface area contributed by atoms with E-state index in [-0.39, 0.29) is 0 Å². The van der Waals surface area contributed by atoms with Crippen molar-refractivity contribution < 1.29 is 0 Å². The zero-order chi connectivity index (χ0) is 14.1. The number of nitrogens with zero attached hydrogens (tertiary/aromatic N) is 1. The van der Waals surface area contributed by atoms with Crippen LogP contribution in [0, 0.1) is 11.8 Å². The molecule has 2 aliphatic rings. The summed E-state index contributed by atoms with van der Waals surface area (Å²) in [4.78, 5) is 2.74. The van der Waals surface area contributed by atoms with Crippen LogP contribution in [0.4, 0.5) is 0 Å². The summed E-state index contributed by atoms with van der Waals surface area (Å²) < 4.78 is 0.398. The van der Waals surface area contributed by atoms with E-state index in [1.165, 1.54) is 44.5 Å². The summed E-state index contributed by atoms with van der Waals surface area (Å²) >= 11 is 2.12. The lowest BCUT2D eigenvalue weighted by molar-refractivity contribution is 0.0314. The molecule has 0 bridgehead atoms. The summed E-state index contributed by atoms with van der Waals surface area (Å²) in [7, 11) is 0. The van der Waals surface area contributed by atoms with E-state index in [2.05, 4.69) is 44.4 Å². The van der Waals surface area contributed by atoms with Gasteiger partial charge in [-0.1, -0.05) is 13.8 Å². The molecule has 0 atom stereocenters. The molecule has 2 N–H and O–H groups in total. The highest BCUT2D eigenvalue weighted by Gasteiger charge is 2.43. The van der Waals surface area contributed by atoms with Crippen molar-refractivity contribution in [2.75, 3.05) is 25.4 Å². The third-order valence-electron chi connectivity index (χ3n) is 5.38. The van der Waals surface area contributed by atoms with Gasteiger partial charge in [0.1, 0.15) is 0 Å². The van der Waals surface area contributed by atoms with Crippen LogP contribution in [0.1, 0.15) is 53.4 Å². The topological polar surface area (TPSA) is 29.3 Å². The van der Waals surface area contributed by atoms with Crippen molar-refractivity contribution in [2.45, 2.75) is 63.7 Å². The smallest absolute Gasteiger partial charge is 0.0332 e. The molecule has 0 spiro atoms. The molecular formula is C16H32N2S. The van der Waals surface area contributed by atoms with Gasteiger partial charge in [0.25, 0.3) is 0 Å². The molecule has 0 aromatic rings. The standard InChI is InChI=1S/C16H32N2S/c1-13(2)14-5-7-16(11-17,8-6-14)18-9-10-19-15(3,4)12-18/h13-14H,5-12,17H2,1-4H3. The maximum Gasteiger partial charge on any atom is 0.0332 e. The van der Waals surface area contributed by atoms with Crippen molar-refractivity contribution in [3.05, 3.63) is 0 Å². The summed E-state index contributed by atoms with van der Waals surface area (Å²) in [6.45, 7) is 12.8. The molecule has 2 rings (SSSR count). The summed E-state index contributed by atoms with van der Waals surface area (Å²) in [5, 5.41) is 0. The van der Waals surface area contributed by atoms with Crippen LogP contribution in [0.3, 0.4) is 0 Å². The Bertz CT molecular complexity index is 293. The van der Waals surface area contributed by atoms with Gasteiger partial charge in [-0.3, -0.25) is 4.90 Å². The molecule has 1 aliphatic carbocycles. The van der Waals surface area contributed by atoms with Gasteiger partial charge in [0, 0.05) is 35.7 Å². The first-order valence-electron chi connectivity index (χ1n) is 7.98. The number of thioether (sulfide) groups is 1. The molecule has 1 saturated carbocycles. The Balaban J connectivity index is 2.03. The van der Waals surface area contributed by atoms with Gasteiger partial charge in [-0.25, -0.2) is 0 Å². The maximum atomic E-state index is 6.23. The van der Waals surface area contributed by atoms with Gasteiger partial charge in [-0.2, -0.15) is 11.8 Å². The molecule has 2 fully saturated rings. The molecule has 3 heteroatoms. The summed E-state index contributed by atoms with van der Waals surface area (Å²) in [5.41, 5.74) is 6.54. The predicted octanol–water partition coefficient (Wildman–Crippen LogP) is 3.36. The first kappa shape index (κ1) is 15.7. The van der Waals surface area contributed by atoms with Crippen molar-refractivity contribution in [3.63, 3.8) is 0 Å². The number of nitrogens with two attached hydrogens (primary N) is 1. The molecule has 112 valence electrons. The molecule has 1 saturated heterocycles. The molecule has 0 radical (unpaired) electrons. The molecule has 19 heavy (non-hydrogen) atoms. The van der Waals surface area contributed by atoms with E-state index in [9.17, 15) is 0 Å². The van der Waals surface area contributed by atoms with Crippen LogP contribution in [0.25, 0.3) is 0 Å². The highest BCUT2D eigenvalue weighted by molar-refractivity contribution is 8.00. The van der Waals surface area contributed by atoms with Gasteiger partial charge in [0.2, 0.25) is 0 Å². The molecule has 0 amide bonds. The monoisotopic (exact) mass is 284 g/mol. The lowest BCUT2D eigenvalue weighted by Gasteiger charge is -2.52.